The van der Waals surface area contributed by atoms with Crippen molar-refractivity contribution in [3.63, 3.8) is 0 Å². The van der Waals surface area contributed by atoms with E-state index in [0.717, 1.165) is 5.56 Å². The van der Waals surface area contributed by atoms with Gasteiger partial charge in [-0.15, -0.1) is 0 Å². The molecule has 3 atom stereocenters. The van der Waals surface area contributed by atoms with Gasteiger partial charge in [-0.3, -0.25) is 9.59 Å². The largest absolute Gasteiger partial charge is 0.478 e. The average molecular weight is 482 g/mol. The van der Waals surface area contributed by atoms with Crippen molar-refractivity contribution in [2.75, 3.05) is 18.5 Å². The number of anilines is 1. The fourth-order valence-electron chi connectivity index (χ4n) is 5.48. The Morgan fingerprint density at radius 2 is 1.66 bits per heavy atom. The number of hydrogen-bond donors (Lipinski definition) is 3. The van der Waals surface area contributed by atoms with Crippen molar-refractivity contribution >= 4 is 23.5 Å². The molecule has 0 spiro atoms. The minimum Gasteiger partial charge on any atom is -0.478 e. The van der Waals surface area contributed by atoms with Crippen LogP contribution in [0, 0.1) is 11.8 Å². The molecule has 2 fully saturated rings. The number of nitrogens with two attached hydrogens (primary N) is 1. The van der Waals surface area contributed by atoms with Gasteiger partial charge in [-0.05, 0) is 67.9 Å². The van der Waals surface area contributed by atoms with Gasteiger partial charge in [-0.1, -0.05) is 30.3 Å². The molecule has 0 radical (unpaired) electrons. The number of carbonyl (C=O) groups is 3. The first kappa shape index (κ1) is 24.9. The first-order valence-electron chi connectivity index (χ1n) is 12.2. The second-order valence-electron chi connectivity index (χ2n) is 9.58. The molecule has 0 aromatic heterocycles. The fourth-order valence-corrected chi connectivity index (χ4v) is 5.48. The lowest BCUT2D eigenvalue weighted by Gasteiger charge is -2.35. The van der Waals surface area contributed by atoms with Crippen LogP contribution in [0.3, 0.4) is 0 Å². The molecule has 2 amide bonds. The van der Waals surface area contributed by atoms with Crippen molar-refractivity contribution in [3.05, 3.63) is 65.7 Å². The molecule has 186 valence electrons. The smallest absolute Gasteiger partial charge is 0.335 e. The number of rotatable bonds is 7. The van der Waals surface area contributed by atoms with Gasteiger partial charge in [0, 0.05) is 30.1 Å². The minimum atomic E-state index is -1.04. The summed E-state index contributed by atoms with van der Waals surface area (Å²) >= 11 is 0. The van der Waals surface area contributed by atoms with Crippen LogP contribution in [-0.4, -0.2) is 53.1 Å². The third-order valence-electron chi connectivity index (χ3n) is 7.48. The highest BCUT2D eigenvalue weighted by molar-refractivity contribution is 5.99. The van der Waals surface area contributed by atoms with Gasteiger partial charge in [-0.2, -0.15) is 0 Å². The summed E-state index contributed by atoms with van der Waals surface area (Å²) in [7, 11) is 0. The van der Waals surface area contributed by atoms with Gasteiger partial charge >= 0.3 is 5.97 Å². The normalized spacial score (nSPS) is 25.1. The standard InChI is InChI=1S/C27H32FN3O4/c28-16-23(29)18-6-8-19(9-7-18)26(33)31-15-14-22(17-4-2-1-3-5-17)24(31)25(32)30-21-12-10-20(11-13-21)27(34)35/h1-5,10-13,18-19,22-24H,6-9,14-16,29H2,(H,30,32)(H,34,35)/t18-,19-,22-,23?,24+/m1/s1. The highest BCUT2D eigenvalue weighted by Gasteiger charge is 2.44. The zero-order chi connectivity index (χ0) is 24.9. The number of nitrogens with zero attached hydrogens (tertiary/aromatic N) is 1. The minimum absolute atomic E-state index is 0.0305. The van der Waals surface area contributed by atoms with Crippen molar-refractivity contribution < 1.29 is 23.9 Å². The predicted octanol–water partition coefficient (Wildman–Crippen LogP) is 3.81. The molecule has 1 saturated heterocycles. The molecule has 0 bridgehead atoms. The molecule has 7 nitrogen and oxygen atoms in total. The quantitative estimate of drug-likeness (QED) is 0.557. The van der Waals surface area contributed by atoms with E-state index in [-0.39, 0.29) is 35.1 Å². The molecule has 1 aliphatic carbocycles. The number of benzene rings is 2. The third kappa shape index (κ3) is 5.53. The number of carboxylic acids is 1. The van der Waals surface area contributed by atoms with Gasteiger partial charge in [0.05, 0.1) is 5.56 Å². The van der Waals surface area contributed by atoms with Crippen LogP contribution in [0.2, 0.25) is 0 Å². The SMILES string of the molecule is NC(CF)[C@H]1CC[C@H](C(=O)N2CC[C@H](c3ccccc3)[C@H]2C(=O)Nc2ccc(C(=O)O)cc2)CC1. The molecule has 8 heteroatoms. The van der Waals surface area contributed by atoms with E-state index in [1.807, 2.05) is 30.3 Å². The molecule has 1 heterocycles. The van der Waals surface area contributed by atoms with Gasteiger partial charge in [0.25, 0.3) is 0 Å². The summed E-state index contributed by atoms with van der Waals surface area (Å²) in [6.07, 6.45) is 3.39. The second kappa shape index (κ2) is 11.0. The number of nitrogens with one attached hydrogen (secondary N) is 1. The third-order valence-corrected chi connectivity index (χ3v) is 7.48. The van der Waals surface area contributed by atoms with E-state index in [4.69, 9.17) is 10.8 Å². The highest BCUT2D eigenvalue weighted by atomic mass is 19.1. The molecule has 1 unspecified atom stereocenters. The number of amides is 2. The Kier molecular flexibility index (Phi) is 7.80. The van der Waals surface area contributed by atoms with Crippen molar-refractivity contribution in [2.45, 2.75) is 50.1 Å². The molecule has 2 aromatic rings. The Morgan fingerprint density at radius 3 is 2.26 bits per heavy atom. The van der Waals surface area contributed by atoms with E-state index < -0.39 is 24.7 Å². The van der Waals surface area contributed by atoms with E-state index >= 15 is 0 Å². The maximum Gasteiger partial charge on any atom is 0.335 e. The lowest BCUT2D eigenvalue weighted by atomic mass is 9.78. The number of halogens is 1. The monoisotopic (exact) mass is 481 g/mol. The molecule has 4 rings (SSSR count). The summed E-state index contributed by atoms with van der Waals surface area (Å²) in [6.45, 7) is -0.0673. The molecule has 2 aliphatic rings. The summed E-state index contributed by atoms with van der Waals surface area (Å²) < 4.78 is 13.0. The summed E-state index contributed by atoms with van der Waals surface area (Å²) in [5, 5.41) is 12.0. The van der Waals surface area contributed by atoms with E-state index in [0.29, 0.717) is 44.3 Å². The molecular formula is C27H32FN3O4. The maximum atomic E-state index is 13.6. The summed E-state index contributed by atoms with van der Waals surface area (Å²) in [5.74, 6) is -1.61. The second-order valence-corrected chi connectivity index (χ2v) is 9.58. The summed E-state index contributed by atoms with van der Waals surface area (Å²) in [5.41, 5.74) is 7.49. The first-order valence-corrected chi connectivity index (χ1v) is 12.2. The highest BCUT2D eigenvalue weighted by Crippen LogP contribution is 2.38. The van der Waals surface area contributed by atoms with Crippen molar-refractivity contribution in [2.24, 2.45) is 17.6 Å². The average Bonchev–Trinajstić information content (AvgIpc) is 3.34. The number of carboxylic acid groups (broad SMARTS) is 1. The fraction of sp³-hybridized carbons (Fsp3) is 0.444. The predicted molar refractivity (Wildman–Crippen MR) is 131 cm³/mol. The van der Waals surface area contributed by atoms with Crippen LogP contribution in [0.1, 0.15) is 53.9 Å². The number of likely N-dealkylation sites (tertiary alicyclic amines) is 1. The Hall–Kier alpha value is -3.26. The zero-order valence-corrected chi connectivity index (χ0v) is 19.6. The summed E-state index contributed by atoms with van der Waals surface area (Å²) in [4.78, 5) is 39.9. The van der Waals surface area contributed by atoms with Crippen molar-refractivity contribution in [3.8, 4) is 0 Å². The lowest BCUT2D eigenvalue weighted by molar-refractivity contribution is -0.141. The zero-order valence-electron chi connectivity index (χ0n) is 19.6. The molecule has 1 saturated carbocycles. The molecule has 2 aromatic carbocycles. The maximum absolute atomic E-state index is 13.6. The van der Waals surface area contributed by atoms with Gasteiger partial charge in [0.15, 0.2) is 0 Å². The van der Waals surface area contributed by atoms with E-state index in [2.05, 4.69) is 5.32 Å². The van der Waals surface area contributed by atoms with E-state index in [1.165, 1.54) is 12.1 Å². The Morgan fingerprint density at radius 1 is 1.00 bits per heavy atom. The van der Waals surface area contributed by atoms with Gasteiger partial charge in [0.1, 0.15) is 12.7 Å². The molecular weight excluding hydrogens is 449 g/mol. The van der Waals surface area contributed by atoms with Crippen LogP contribution in [0.15, 0.2) is 54.6 Å². The van der Waals surface area contributed by atoms with E-state index in [9.17, 15) is 18.8 Å². The van der Waals surface area contributed by atoms with Crippen LogP contribution in [0.25, 0.3) is 0 Å². The van der Waals surface area contributed by atoms with Gasteiger partial charge in [-0.25, -0.2) is 9.18 Å². The topological polar surface area (TPSA) is 113 Å². The van der Waals surface area contributed by atoms with Crippen LogP contribution >= 0.6 is 0 Å². The number of carbonyl (C=O) groups excluding carboxylic acids is 2. The van der Waals surface area contributed by atoms with Crippen LogP contribution in [0.5, 0.6) is 0 Å². The molecule has 4 N–H and O–H groups in total. The van der Waals surface area contributed by atoms with Gasteiger partial charge < -0.3 is 21.1 Å². The van der Waals surface area contributed by atoms with Gasteiger partial charge in [0.2, 0.25) is 11.8 Å². The first-order chi connectivity index (χ1) is 16.9. The number of hydrogen-bond acceptors (Lipinski definition) is 4. The lowest BCUT2D eigenvalue weighted by Crippen LogP contribution is -2.48. The summed E-state index contributed by atoms with van der Waals surface area (Å²) in [6, 6.07) is 14.5. The van der Waals surface area contributed by atoms with Crippen molar-refractivity contribution in [1.82, 2.24) is 4.90 Å². The molecule has 1 aliphatic heterocycles. The van der Waals surface area contributed by atoms with E-state index in [1.54, 1.807) is 17.0 Å². The van der Waals surface area contributed by atoms with Crippen LogP contribution in [0.4, 0.5) is 10.1 Å². The number of alkyl halides is 1. The van der Waals surface area contributed by atoms with Crippen molar-refractivity contribution in [1.29, 1.82) is 0 Å². The Labute approximate surface area is 204 Å². The van der Waals surface area contributed by atoms with Crippen LogP contribution in [-0.2, 0) is 9.59 Å². The Balaban J connectivity index is 1.52. The Bertz CT molecular complexity index is 1040. The molecule has 35 heavy (non-hydrogen) atoms. The van der Waals surface area contributed by atoms with Crippen LogP contribution < -0.4 is 11.1 Å². The number of aromatic carboxylic acids is 1.